The van der Waals surface area contributed by atoms with E-state index in [0.29, 0.717) is 33.4 Å². The highest BCUT2D eigenvalue weighted by Gasteiger charge is 2.41. The summed E-state index contributed by atoms with van der Waals surface area (Å²) in [6, 6.07) is 6.66. The highest BCUT2D eigenvalue weighted by molar-refractivity contribution is 7.99. The maximum atomic E-state index is 13.2. The first-order valence-electron chi connectivity index (χ1n) is 10.6. The number of esters is 2. The highest BCUT2D eigenvalue weighted by Crippen LogP contribution is 2.40. The van der Waals surface area contributed by atoms with Gasteiger partial charge in [-0.3, -0.25) is 9.59 Å². The predicted molar refractivity (Wildman–Crippen MR) is 123 cm³/mol. The molecule has 170 valence electrons. The van der Waals surface area contributed by atoms with E-state index < -0.39 is 23.8 Å². The van der Waals surface area contributed by atoms with Gasteiger partial charge in [0.1, 0.15) is 5.92 Å². The molecule has 3 rings (SSSR count). The third-order valence-corrected chi connectivity index (χ3v) is 6.22. The van der Waals surface area contributed by atoms with E-state index in [2.05, 4.69) is 21.9 Å². The van der Waals surface area contributed by atoms with E-state index in [-0.39, 0.29) is 12.2 Å². The number of hydrogen-bond acceptors (Lipinski definition) is 8. The number of rotatable bonds is 8. The van der Waals surface area contributed by atoms with Gasteiger partial charge in [-0.1, -0.05) is 37.2 Å². The Kier molecular flexibility index (Phi) is 7.84. The van der Waals surface area contributed by atoms with Gasteiger partial charge < -0.3 is 14.5 Å². The molecule has 32 heavy (non-hydrogen) atoms. The van der Waals surface area contributed by atoms with Gasteiger partial charge in [0.15, 0.2) is 11.0 Å². The van der Waals surface area contributed by atoms with Gasteiger partial charge in [-0.25, -0.2) is 14.8 Å². The third-order valence-electron chi connectivity index (χ3n) is 5.26. The van der Waals surface area contributed by atoms with Crippen LogP contribution in [0.5, 0.6) is 0 Å². The van der Waals surface area contributed by atoms with E-state index in [0.717, 1.165) is 18.6 Å². The number of H-pyrrole nitrogens is 1. The van der Waals surface area contributed by atoms with Gasteiger partial charge in [-0.2, -0.15) is 0 Å². The van der Waals surface area contributed by atoms with Crippen LogP contribution in [0, 0.1) is 5.92 Å². The van der Waals surface area contributed by atoms with E-state index >= 15 is 0 Å². The quantitative estimate of drug-likeness (QED) is 0.277. The van der Waals surface area contributed by atoms with Crippen molar-refractivity contribution in [1.82, 2.24) is 9.97 Å². The molecule has 0 aliphatic carbocycles. The summed E-state index contributed by atoms with van der Waals surface area (Å²) in [6.45, 7) is 5.79. The highest BCUT2D eigenvalue weighted by atomic mass is 32.2. The zero-order valence-corrected chi connectivity index (χ0v) is 19.5. The first-order chi connectivity index (χ1) is 15.4. The lowest BCUT2D eigenvalue weighted by molar-refractivity contribution is -0.146. The monoisotopic (exact) mass is 457 g/mol. The van der Waals surface area contributed by atoms with Crippen LogP contribution in [-0.2, 0) is 14.3 Å². The zero-order chi connectivity index (χ0) is 23.3. The number of methoxy groups -OCH3 is 1. The van der Waals surface area contributed by atoms with Crippen molar-refractivity contribution in [2.45, 2.75) is 44.7 Å². The molecule has 9 heteroatoms. The maximum absolute atomic E-state index is 13.2. The summed E-state index contributed by atoms with van der Waals surface area (Å²) in [7, 11) is 1.31. The van der Waals surface area contributed by atoms with Crippen molar-refractivity contribution < 1.29 is 19.1 Å². The van der Waals surface area contributed by atoms with Crippen LogP contribution >= 0.6 is 11.8 Å². The van der Waals surface area contributed by atoms with Crippen molar-refractivity contribution >= 4 is 35.2 Å². The molecule has 2 unspecified atom stereocenters. The molecule has 0 fully saturated rings. The molecular formula is C23H27N3O5S. The van der Waals surface area contributed by atoms with E-state index in [1.807, 2.05) is 0 Å². The Labute approximate surface area is 190 Å². The van der Waals surface area contributed by atoms with Gasteiger partial charge in [0.2, 0.25) is 0 Å². The van der Waals surface area contributed by atoms with Gasteiger partial charge in [-0.05, 0) is 38.0 Å². The van der Waals surface area contributed by atoms with E-state index in [1.54, 1.807) is 38.1 Å². The Morgan fingerprint density at radius 1 is 1.19 bits per heavy atom. The van der Waals surface area contributed by atoms with Crippen LogP contribution in [-0.4, -0.2) is 47.1 Å². The van der Waals surface area contributed by atoms with Gasteiger partial charge >= 0.3 is 11.9 Å². The fraction of sp³-hybridized carbons (Fsp3) is 0.435. The fourth-order valence-electron chi connectivity index (χ4n) is 3.68. The number of benzene rings is 1. The normalized spacial score (nSPS) is 17.3. The van der Waals surface area contributed by atoms with Crippen molar-refractivity contribution in [3.8, 4) is 0 Å². The van der Waals surface area contributed by atoms with Crippen LogP contribution in [0.2, 0.25) is 0 Å². The minimum atomic E-state index is -0.770. The molecule has 0 bridgehead atoms. The number of carbonyl (C=O) groups is 2. The van der Waals surface area contributed by atoms with Crippen molar-refractivity contribution in [2.24, 2.45) is 10.9 Å². The lowest BCUT2D eigenvalue weighted by Crippen LogP contribution is -2.37. The molecule has 2 aromatic rings. The van der Waals surface area contributed by atoms with Gasteiger partial charge in [0, 0.05) is 17.4 Å². The number of carbonyl (C=O) groups excluding carboxylic acids is 2. The topological polar surface area (TPSA) is 111 Å². The SMILES string of the molecule is CCCCSc1nc2c(c(=O)[nH]1)C(c1ccc(C(=O)OC)cc1)C(C(=O)OCC)C(C)=N2. The minimum Gasteiger partial charge on any atom is -0.465 e. The van der Waals surface area contributed by atoms with E-state index in [4.69, 9.17) is 9.47 Å². The van der Waals surface area contributed by atoms with Crippen LogP contribution in [0.25, 0.3) is 0 Å². The molecule has 0 saturated heterocycles. The molecule has 1 aromatic heterocycles. The van der Waals surface area contributed by atoms with Gasteiger partial charge in [-0.15, -0.1) is 0 Å². The summed E-state index contributed by atoms with van der Waals surface area (Å²) in [5.74, 6) is -1.18. The molecular weight excluding hydrogens is 430 g/mol. The largest absolute Gasteiger partial charge is 0.465 e. The van der Waals surface area contributed by atoms with E-state index in [9.17, 15) is 14.4 Å². The summed E-state index contributed by atoms with van der Waals surface area (Å²) in [5, 5.41) is 0.508. The second-order valence-electron chi connectivity index (χ2n) is 7.38. The summed E-state index contributed by atoms with van der Waals surface area (Å²) in [4.78, 5) is 49.8. The number of unbranched alkanes of at least 4 members (excludes halogenated alkanes) is 1. The summed E-state index contributed by atoms with van der Waals surface area (Å²) in [6.07, 6.45) is 2.05. The van der Waals surface area contributed by atoms with Crippen molar-refractivity contribution in [3.63, 3.8) is 0 Å². The summed E-state index contributed by atoms with van der Waals surface area (Å²) >= 11 is 1.47. The minimum absolute atomic E-state index is 0.213. The summed E-state index contributed by atoms with van der Waals surface area (Å²) < 4.78 is 10.1. The number of hydrogen-bond donors (Lipinski definition) is 1. The lowest BCUT2D eigenvalue weighted by Gasteiger charge is -2.30. The molecule has 1 aromatic carbocycles. The molecule has 0 spiro atoms. The number of ether oxygens (including phenoxy) is 2. The molecule has 1 N–H and O–H groups in total. The third kappa shape index (κ3) is 4.93. The van der Waals surface area contributed by atoms with Crippen LogP contribution in [0.15, 0.2) is 39.2 Å². The molecule has 1 aliphatic heterocycles. The van der Waals surface area contributed by atoms with Crippen molar-refractivity contribution in [3.05, 3.63) is 51.3 Å². The second-order valence-corrected chi connectivity index (χ2v) is 8.47. The summed E-state index contributed by atoms with van der Waals surface area (Å²) in [5.41, 5.74) is 1.58. The molecule has 2 atom stereocenters. The molecule has 1 aliphatic rings. The Morgan fingerprint density at radius 3 is 2.53 bits per heavy atom. The number of aliphatic imine (C=N–C) groups is 1. The Balaban J connectivity index is 2.11. The molecule has 8 nitrogen and oxygen atoms in total. The first-order valence-corrected chi connectivity index (χ1v) is 11.6. The number of aromatic nitrogens is 2. The van der Waals surface area contributed by atoms with Crippen LogP contribution in [0.1, 0.15) is 61.0 Å². The van der Waals surface area contributed by atoms with Gasteiger partial charge in [0.05, 0.1) is 24.8 Å². The average Bonchev–Trinajstić information content (AvgIpc) is 2.78. The zero-order valence-electron chi connectivity index (χ0n) is 18.6. The molecule has 0 amide bonds. The number of nitrogens with one attached hydrogen (secondary N) is 1. The van der Waals surface area contributed by atoms with Crippen molar-refractivity contribution in [2.75, 3.05) is 19.5 Å². The van der Waals surface area contributed by atoms with Crippen LogP contribution in [0.3, 0.4) is 0 Å². The standard InChI is InChI=1S/C23H27N3O5S/c1-5-7-12-32-23-25-19-18(20(27)26-23)17(16(13(3)24-19)22(29)31-6-2)14-8-10-15(11-9-14)21(28)30-4/h8-11,16-17H,5-7,12H2,1-4H3,(H,25,26,27). The van der Waals surface area contributed by atoms with Crippen LogP contribution < -0.4 is 5.56 Å². The predicted octanol–water partition coefficient (Wildman–Crippen LogP) is 3.87. The number of thioether (sulfide) groups is 1. The smallest absolute Gasteiger partial charge is 0.337 e. The first kappa shape index (κ1) is 23.7. The Morgan fingerprint density at radius 2 is 1.91 bits per heavy atom. The Bertz CT molecular complexity index is 1080. The lowest BCUT2D eigenvalue weighted by atomic mass is 9.77. The maximum Gasteiger partial charge on any atom is 0.337 e. The molecule has 0 saturated carbocycles. The second kappa shape index (κ2) is 10.6. The average molecular weight is 458 g/mol. The number of fused-ring (bicyclic) bond motifs is 1. The Hall–Kier alpha value is -2.94. The van der Waals surface area contributed by atoms with Gasteiger partial charge in [0.25, 0.3) is 5.56 Å². The van der Waals surface area contributed by atoms with Crippen molar-refractivity contribution in [1.29, 1.82) is 0 Å². The molecule has 2 heterocycles. The number of nitrogens with zero attached hydrogens (tertiary/aromatic N) is 2. The van der Waals surface area contributed by atoms with Crippen LogP contribution in [0.4, 0.5) is 5.82 Å². The van der Waals surface area contributed by atoms with E-state index in [1.165, 1.54) is 18.9 Å². The molecule has 0 radical (unpaired) electrons. The number of aromatic amines is 1. The fourth-order valence-corrected chi connectivity index (χ4v) is 4.63.